The lowest BCUT2D eigenvalue weighted by Gasteiger charge is -2.48. The molecule has 1 aliphatic heterocycles. The minimum atomic E-state index is -2.09. The summed E-state index contributed by atoms with van der Waals surface area (Å²) in [5.41, 5.74) is 4.04. The standard InChI is InChI=1S/C16H23NO11/c1-7(18)23-6-16(17)14(26-10(4)21)12(24-8(2)19)13(25-9(3)20)15(28-16)27-11(5)22/h12-15H,6,17H2,1-5H3. The summed E-state index contributed by atoms with van der Waals surface area (Å²) in [5.74, 6) is -4.06. The minimum Gasteiger partial charge on any atom is -0.461 e. The monoisotopic (exact) mass is 405 g/mol. The van der Waals surface area contributed by atoms with Gasteiger partial charge in [-0.15, -0.1) is 0 Å². The van der Waals surface area contributed by atoms with Crippen molar-refractivity contribution in [1.29, 1.82) is 0 Å². The molecule has 158 valence electrons. The topological polar surface area (TPSA) is 167 Å². The smallest absolute Gasteiger partial charge is 0.305 e. The lowest BCUT2D eigenvalue weighted by molar-refractivity contribution is -0.332. The van der Waals surface area contributed by atoms with Crippen LogP contribution in [0, 0.1) is 0 Å². The maximum atomic E-state index is 11.6. The van der Waals surface area contributed by atoms with Crippen molar-refractivity contribution >= 4 is 29.8 Å². The van der Waals surface area contributed by atoms with Gasteiger partial charge in [0.25, 0.3) is 0 Å². The van der Waals surface area contributed by atoms with E-state index in [0.29, 0.717) is 0 Å². The van der Waals surface area contributed by atoms with Gasteiger partial charge in [-0.3, -0.25) is 29.7 Å². The fourth-order valence-corrected chi connectivity index (χ4v) is 2.52. The van der Waals surface area contributed by atoms with Crippen molar-refractivity contribution in [3.8, 4) is 0 Å². The molecule has 0 aromatic carbocycles. The maximum Gasteiger partial charge on any atom is 0.305 e. The Morgan fingerprint density at radius 1 is 0.750 bits per heavy atom. The van der Waals surface area contributed by atoms with Crippen LogP contribution in [0.5, 0.6) is 0 Å². The average Bonchev–Trinajstić information content (AvgIpc) is 2.51. The molecule has 12 nitrogen and oxygen atoms in total. The van der Waals surface area contributed by atoms with Crippen LogP contribution >= 0.6 is 0 Å². The molecule has 5 atom stereocenters. The van der Waals surface area contributed by atoms with E-state index >= 15 is 0 Å². The fraction of sp³-hybridized carbons (Fsp3) is 0.688. The summed E-state index contributed by atoms with van der Waals surface area (Å²) in [6, 6.07) is 0. The third-order valence-corrected chi connectivity index (χ3v) is 3.39. The van der Waals surface area contributed by atoms with Crippen molar-refractivity contribution in [3.05, 3.63) is 0 Å². The summed E-state index contributed by atoms with van der Waals surface area (Å²) in [7, 11) is 0. The predicted octanol–water partition coefficient (Wildman–Crippen LogP) is -1.08. The fourth-order valence-electron chi connectivity index (χ4n) is 2.52. The van der Waals surface area contributed by atoms with Gasteiger partial charge in [-0.05, 0) is 0 Å². The molecule has 2 N–H and O–H groups in total. The Kier molecular flexibility index (Phi) is 7.88. The number of rotatable bonds is 6. The summed E-state index contributed by atoms with van der Waals surface area (Å²) in [6.45, 7) is 4.66. The van der Waals surface area contributed by atoms with Gasteiger partial charge in [0.1, 0.15) is 6.61 Å². The van der Waals surface area contributed by atoms with Crippen molar-refractivity contribution < 1.29 is 52.4 Å². The molecule has 0 saturated carbocycles. The number of carbonyl (C=O) groups excluding carboxylic acids is 5. The van der Waals surface area contributed by atoms with Gasteiger partial charge in [0.05, 0.1) is 0 Å². The largest absolute Gasteiger partial charge is 0.461 e. The second-order valence-corrected chi connectivity index (χ2v) is 6.01. The first-order valence-corrected chi connectivity index (χ1v) is 8.14. The number of hydrogen-bond donors (Lipinski definition) is 1. The van der Waals surface area contributed by atoms with E-state index in [1.165, 1.54) is 0 Å². The van der Waals surface area contributed by atoms with E-state index in [1.807, 2.05) is 0 Å². The number of hydrogen-bond acceptors (Lipinski definition) is 12. The van der Waals surface area contributed by atoms with Crippen LogP contribution < -0.4 is 5.73 Å². The Balaban J connectivity index is 3.44. The maximum absolute atomic E-state index is 11.6. The highest BCUT2D eigenvalue weighted by Gasteiger charge is 2.60. The summed E-state index contributed by atoms with van der Waals surface area (Å²) in [6.07, 6.45) is -6.24. The Morgan fingerprint density at radius 3 is 1.64 bits per heavy atom. The molecule has 0 aromatic rings. The van der Waals surface area contributed by atoms with Crippen molar-refractivity contribution in [2.24, 2.45) is 5.73 Å². The highest BCUT2D eigenvalue weighted by Crippen LogP contribution is 2.33. The zero-order valence-electron chi connectivity index (χ0n) is 16.1. The molecular weight excluding hydrogens is 382 g/mol. The van der Waals surface area contributed by atoms with Crippen LogP contribution in [0.15, 0.2) is 0 Å². The highest BCUT2D eigenvalue weighted by molar-refractivity contribution is 5.69. The van der Waals surface area contributed by atoms with Gasteiger partial charge in [0.15, 0.2) is 17.9 Å². The van der Waals surface area contributed by atoms with Crippen LogP contribution in [-0.4, -0.2) is 66.8 Å². The van der Waals surface area contributed by atoms with Crippen LogP contribution in [0.3, 0.4) is 0 Å². The quantitative estimate of drug-likeness (QED) is 0.420. The van der Waals surface area contributed by atoms with Gasteiger partial charge in [0.2, 0.25) is 12.4 Å². The van der Waals surface area contributed by atoms with Crippen molar-refractivity contribution in [3.63, 3.8) is 0 Å². The molecule has 12 heteroatoms. The van der Waals surface area contributed by atoms with Crippen molar-refractivity contribution in [1.82, 2.24) is 0 Å². The lowest BCUT2D eigenvalue weighted by atomic mass is 9.93. The van der Waals surface area contributed by atoms with E-state index in [-0.39, 0.29) is 0 Å². The second-order valence-electron chi connectivity index (χ2n) is 6.01. The van der Waals surface area contributed by atoms with Crippen LogP contribution in [-0.2, 0) is 52.4 Å². The van der Waals surface area contributed by atoms with Gasteiger partial charge in [0, 0.05) is 34.6 Å². The lowest BCUT2D eigenvalue weighted by Crippen LogP contribution is -2.73. The molecule has 5 unspecified atom stereocenters. The SMILES string of the molecule is CC(=O)OCC1(N)OC(OC(C)=O)C(OC(C)=O)C(OC(C)=O)C1OC(C)=O. The molecule has 28 heavy (non-hydrogen) atoms. The van der Waals surface area contributed by atoms with Crippen molar-refractivity contribution in [2.75, 3.05) is 6.61 Å². The molecule has 1 aliphatic rings. The zero-order chi connectivity index (χ0) is 21.6. The number of esters is 5. The molecule has 0 bridgehead atoms. The van der Waals surface area contributed by atoms with Crippen LogP contribution in [0.25, 0.3) is 0 Å². The number of ether oxygens (including phenoxy) is 6. The van der Waals surface area contributed by atoms with Gasteiger partial charge in [-0.1, -0.05) is 0 Å². The van der Waals surface area contributed by atoms with Gasteiger partial charge in [-0.2, -0.15) is 0 Å². The first-order chi connectivity index (χ1) is 12.9. The Bertz CT molecular complexity index is 649. The molecule has 1 saturated heterocycles. The highest BCUT2D eigenvalue weighted by atomic mass is 16.8. The average molecular weight is 405 g/mol. The first kappa shape index (κ1) is 23.3. The number of nitrogens with two attached hydrogens (primary N) is 1. The van der Waals surface area contributed by atoms with Gasteiger partial charge in [-0.25, -0.2) is 0 Å². The molecule has 1 heterocycles. The Morgan fingerprint density at radius 2 is 1.21 bits per heavy atom. The minimum absolute atomic E-state index is 0.650. The van der Waals surface area contributed by atoms with Crippen molar-refractivity contribution in [2.45, 2.75) is 64.9 Å². The first-order valence-electron chi connectivity index (χ1n) is 8.14. The molecule has 1 rings (SSSR count). The molecule has 1 fully saturated rings. The van der Waals surface area contributed by atoms with E-state index in [4.69, 9.17) is 34.2 Å². The molecule has 0 aromatic heterocycles. The molecular formula is C16H23NO11. The van der Waals surface area contributed by atoms with Gasteiger partial charge < -0.3 is 28.4 Å². The van der Waals surface area contributed by atoms with E-state index in [0.717, 1.165) is 34.6 Å². The summed E-state index contributed by atoms with van der Waals surface area (Å²) >= 11 is 0. The number of carbonyl (C=O) groups is 5. The summed E-state index contributed by atoms with van der Waals surface area (Å²) in [5, 5.41) is 0. The molecule has 0 spiro atoms. The zero-order valence-corrected chi connectivity index (χ0v) is 16.1. The Hall–Kier alpha value is -2.73. The Labute approximate surface area is 160 Å². The normalized spacial score (nSPS) is 29.2. The summed E-state index contributed by atoms with van der Waals surface area (Å²) in [4.78, 5) is 57.3. The van der Waals surface area contributed by atoms with Crippen LogP contribution in [0.1, 0.15) is 34.6 Å². The van der Waals surface area contributed by atoms with E-state index < -0.39 is 66.8 Å². The third-order valence-electron chi connectivity index (χ3n) is 3.39. The predicted molar refractivity (Wildman–Crippen MR) is 86.9 cm³/mol. The second kappa shape index (κ2) is 9.46. The third kappa shape index (κ3) is 6.46. The van der Waals surface area contributed by atoms with Crippen LogP contribution in [0.2, 0.25) is 0 Å². The van der Waals surface area contributed by atoms with Gasteiger partial charge >= 0.3 is 29.8 Å². The summed E-state index contributed by atoms with van der Waals surface area (Å²) < 4.78 is 30.7. The van der Waals surface area contributed by atoms with Crippen LogP contribution in [0.4, 0.5) is 0 Å². The van der Waals surface area contributed by atoms with E-state index in [9.17, 15) is 24.0 Å². The molecule has 0 aliphatic carbocycles. The van der Waals surface area contributed by atoms with E-state index in [2.05, 4.69) is 0 Å². The van der Waals surface area contributed by atoms with E-state index in [1.54, 1.807) is 0 Å². The molecule has 0 radical (unpaired) electrons. The molecule has 0 amide bonds.